The van der Waals surface area contributed by atoms with Gasteiger partial charge in [0, 0.05) is 12.1 Å². The summed E-state index contributed by atoms with van der Waals surface area (Å²) in [5.74, 6) is -0.245. The fourth-order valence-corrected chi connectivity index (χ4v) is 2.65. The summed E-state index contributed by atoms with van der Waals surface area (Å²) in [6.07, 6.45) is 2.40. The number of ether oxygens (including phenoxy) is 2. The molecule has 1 aromatic carbocycles. The van der Waals surface area contributed by atoms with E-state index < -0.39 is 16.9 Å². The van der Waals surface area contributed by atoms with Crippen LogP contribution in [0.4, 0.5) is 0 Å². The minimum atomic E-state index is -0.779. The van der Waals surface area contributed by atoms with Gasteiger partial charge in [-0.1, -0.05) is 6.07 Å². The molecule has 6 nitrogen and oxygen atoms in total. The number of hydrogen-bond donors (Lipinski definition) is 2. The molecule has 1 aromatic rings. The van der Waals surface area contributed by atoms with Crippen molar-refractivity contribution < 1.29 is 24.2 Å². The Kier molecular flexibility index (Phi) is 5.32. The van der Waals surface area contributed by atoms with Crippen LogP contribution in [0.5, 0.6) is 11.5 Å². The molecule has 6 heteroatoms. The van der Waals surface area contributed by atoms with E-state index in [1.165, 1.54) is 0 Å². The summed E-state index contributed by atoms with van der Waals surface area (Å²) in [7, 11) is 0. The van der Waals surface area contributed by atoms with Gasteiger partial charge in [0.1, 0.15) is 0 Å². The number of nitrogens with one attached hydrogen (secondary N) is 1. The minimum absolute atomic E-state index is 0.133. The highest BCUT2D eigenvalue weighted by molar-refractivity contribution is 5.84. The second-order valence-electron chi connectivity index (χ2n) is 9.75. The number of benzene rings is 1. The van der Waals surface area contributed by atoms with Crippen LogP contribution < -0.4 is 14.8 Å². The maximum absolute atomic E-state index is 12.4. The van der Waals surface area contributed by atoms with Crippen molar-refractivity contribution in [3.63, 3.8) is 0 Å². The Hall–Kier alpha value is -1.92. The van der Waals surface area contributed by atoms with Crippen LogP contribution in [0.3, 0.4) is 0 Å². The maximum Gasteiger partial charge on any atom is 0.317 e. The maximum atomic E-state index is 12.4. The van der Waals surface area contributed by atoms with Crippen LogP contribution in [0.25, 0.3) is 0 Å². The van der Waals surface area contributed by atoms with Crippen LogP contribution in [0.15, 0.2) is 18.2 Å². The zero-order chi connectivity index (χ0) is 20.7. The minimum Gasteiger partial charge on any atom is -0.422 e. The van der Waals surface area contributed by atoms with Gasteiger partial charge in [0.2, 0.25) is 0 Å². The Balaban J connectivity index is 1.80. The molecule has 0 bridgehead atoms. The molecule has 0 spiro atoms. The summed E-state index contributed by atoms with van der Waals surface area (Å²) < 4.78 is 11.1. The van der Waals surface area contributed by atoms with Gasteiger partial charge in [-0.2, -0.15) is 0 Å². The van der Waals surface area contributed by atoms with Crippen molar-refractivity contribution in [3.05, 3.63) is 23.8 Å². The van der Waals surface area contributed by atoms with E-state index in [9.17, 15) is 14.7 Å². The summed E-state index contributed by atoms with van der Waals surface area (Å²) >= 11 is 0. The summed E-state index contributed by atoms with van der Waals surface area (Å²) in [6, 6.07) is 4.89. The Bertz CT molecular complexity index is 772. The van der Waals surface area contributed by atoms with Gasteiger partial charge in [-0.05, 0) is 78.0 Å². The van der Waals surface area contributed by atoms with E-state index in [0.717, 1.165) is 25.7 Å². The average molecular weight is 389 g/mol. The van der Waals surface area contributed by atoms with Crippen LogP contribution in [-0.2, 0) is 9.59 Å². The molecule has 2 fully saturated rings. The second-order valence-corrected chi connectivity index (χ2v) is 9.75. The third-order valence-electron chi connectivity index (χ3n) is 5.57. The molecule has 0 amide bonds. The van der Waals surface area contributed by atoms with E-state index in [1.807, 2.05) is 34.6 Å². The largest absolute Gasteiger partial charge is 0.422 e. The zero-order valence-corrected chi connectivity index (χ0v) is 17.4. The summed E-state index contributed by atoms with van der Waals surface area (Å²) in [4.78, 5) is 24.8. The Morgan fingerprint density at radius 1 is 1.04 bits per heavy atom. The predicted octanol–water partition coefficient (Wildman–Crippen LogP) is 3.52. The van der Waals surface area contributed by atoms with Crippen molar-refractivity contribution in [2.75, 3.05) is 6.54 Å². The second kappa shape index (κ2) is 7.16. The number of β-amino-alcohol motifs (C(OH)–C–C–N with tert-alkyl or cyclic N) is 1. The highest BCUT2D eigenvalue weighted by Gasteiger charge is 2.48. The van der Waals surface area contributed by atoms with E-state index in [1.54, 1.807) is 18.2 Å². The molecule has 0 saturated heterocycles. The molecule has 3 rings (SSSR count). The lowest BCUT2D eigenvalue weighted by Crippen LogP contribution is -2.38. The quantitative estimate of drug-likeness (QED) is 0.548. The van der Waals surface area contributed by atoms with Gasteiger partial charge >= 0.3 is 11.9 Å². The van der Waals surface area contributed by atoms with Crippen molar-refractivity contribution >= 4 is 11.9 Å². The van der Waals surface area contributed by atoms with E-state index >= 15 is 0 Å². The van der Waals surface area contributed by atoms with E-state index in [0.29, 0.717) is 12.1 Å². The van der Waals surface area contributed by atoms with E-state index in [-0.39, 0.29) is 29.0 Å². The lowest BCUT2D eigenvalue weighted by atomic mass is 10.1. The molecule has 2 aliphatic carbocycles. The number of carbonyl (C=O) groups is 2. The molecule has 1 atom stereocenters. The van der Waals surface area contributed by atoms with Gasteiger partial charge in [0.05, 0.1) is 16.9 Å². The molecule has 0 aromatic heterocycles. The van der Waals surface area contributed by atoms with Crippen molar-refractivity contribution in [3.8, 4) is 11.5 Å². The van der Waals surface area contributed by atoms with Crippen molar-refractivity contribution in [2.24, 2.45) is 10.8 Å². The lowest BCUT2D eigenvalue weighted by Gasteiger charge is -2.23. The van der Waals surface area contributed by atoms with Gasteiger partial charge in [0.15, 0.2) is 11.5 Å². The molecular formula is C22H31NO5. The van der Waals surface area contributed by atoms with Crippen molar-refractivity contribution in [1.82, 2.24) is 5.32 Å². The van der Waals surface area contributed by atoms with E-state index in [2.05, 4.69) is 5.32 Å². The number of rotatable bonds is 7. The molecule has 0 heterocycles. The number of esters is 2. The number of aliphatic hydroxyl groups excluding tert-OH is 1. The number of carbonyl (C=O) groups excluding carboxylic acids is 2. The normalized spacial score (nSPS) is 20.2. The van der Waals surface area contributed by atoms with Gasteiger partial charge < -0.3 is 19.9 Å². The van der Waals surface area contributed by atoms with Crippen LogP contribution in [0.2, 0.25) is 0 Å². The Morgan fingerprint density at radius 3 is 2.00 bits per heavy atom. The molecule has 2 aliphatic rings. The molecule has 0 radical (unpaired) electrons. The Morgan fingerprint density at radius 2 is 1.54 bits per heavy atom. The molecule has 0 unspecified atom stereocenters. The summed E-state index contributed by atoms with van der Waals surface area (Å²) in [6.45, 7) is 10.1. The van der Waals surface area contributed by atoms with Gasteiger partial charge in [-0.3, -0.25) is 9.59 Å². The van der Waals surface area contributed by atoms with Crippen molar-refractivity contribution in [2.45, 2.75) is 71.9 Å². The van der Waals surface area contributed by atoms with Gasteiger partial charge in [0.25, 0.3) is 0 Å². The fraction of sp³-hybridized carbons (Fsp3) is 0.636. The van der Waals surface area contributed by atoms with Crippen LogP contribution in [0, 0.1) is 10.8 Å². The molecule has 154 valence electrons. The fourth-order valence-electron chi connectivity index (χ4n) is 2.65. The van der Waals surface area contributed by atoms with Crippen LogP contribution >= 0.6 is 0 Å². The van der Waals surface area contributed by atoms with Gasteiger partial charge in [-0.25, -0.2) is 0 Å². The summed E-state index contributed by atoms with van der Waals surface area (Å²) in [5.41, 5.74) is -0.450. The predicted molar refractivity (Wildman–Crippen MR) is 105 cm³/mol. The molecule has 2 saturated carbocycles. The third kappa shape index (κ3) is 4.92. The van der Waals surface area contributed by atoms with Crippen molar-refractivity contribution in [1.29, 1.82) is 0 Å². The first-order chi connectivity index (χ1) is 12.9. The monoisotopic (exact) mass is 389 g/mol. The van der Waals surface area contributed by atoms with E-state index in [4.69, 9.17) is 9.47 Å². The van der Waals surface area contributed by atoms with Crippen LogP contribution in [0.1, 0.15) is 72.0 Å². The topological polar surface area (TPSA) is 84.9 Å². The first-order valence-electron chi connectivity index (χ1n) is 9.94. The lowest BCUT2D eigenvalue weighted by molar-refractivity contribution is -0.142. The summed E-state index contributed by atoms with van der Waals surface area (Å²) in [5, 5.41) is 13.8. The first kappa shape index (κ1) is 20.8. The van der Waals surface area contributed by atoms with Gasteiger partial charge in [-0.15, -0.1) is 0 Å². The smallest absolute Gasteiger partial charge is 0.317 e. The standard InChI is InChI=1S/C22H31NO5/c1-20(2,3)23-13-15(24)14-6-7-16(27-18(25)21(4)8-9-21)17(12-14)28-19(26)22(5)10-11-22/h6-7,12,15,23-24H,8-11,13H2,1-5H3/t15-/m0/s1. The SMILES string of the molecule is CC(C)(C)NC[C@H](O)c1ccc(OC(=O)C2(C)CC2)c(OC(=O)C2(C)CC2)c1. The zero-order valence-electron chi connectivity index (χ0n) is 17.4. The third-order valence-corrected chi connectivity index (χ3v) is 5.57. The molecule has 2 N–H and O–H groups in total. The number of aliphatic hydroxyl groups is 1. The molecule has 0 aliphatic heterocycles. The number of hydrogen-bond acceptors (Lipinski definition) is 6. The average Bonchev–Trinajstić information content (AvgIpc) is 3.53. The highest BCUT2D eigenvalue weighted by Crippen LogP contribution is 2.48. The molecular weight excluding hydrogens is 358 g/mol. The Labute approximate surface area is 166 Å². The highest BCUT2D eigenvalue weighted by atomic mass is 16.6. The first-order valence-corrected chi connectivity index (χ1v) is 9.94. The van der Waals surface area contributed by atoms with Crippen LogP contribution in [-0.4, -0.2) is 29.1 Å². The molecule has 28 heavy (non-hydrogen) atoms.